The fraction of sp³-hybridized carbons (Fsp3) is 0.556. The molecular formula is C18H22N2O4. The van der Waals surface area contributed by atoms with Gasteiger partial charge in [0.2, 0.25) is 5.91 Å². The van der Waals surface area contributed by atoms with Crippen LogP contribution in [0.25, 0.3) is 0 Å². The number of nitrogens with one attached hydrogen (secondary N) is 2. The van der Waals surface area contributed by atoms with Crippen LogP contribution in [0.5, 0.6) is 0 Å². The lowest BCUT2D eigenvalue weighted by molar-refractivity contribution is -0.151. The number of carbonyl (C=O) groups excluding carboxylic acids is 2. The van der Waals surface area contributed by atoms with Gasteiger partial charge in [0.1, 0.15) is 0 Å². The largest absolute Gasteiger partial charge is 0.364 e. The highest BCUT2D eigenvalue weighted by Crippen LogP contribution is 2.50. The lowest BCUT2D eigenvalue weighted by Gasteiger charge is -2.49. The van der Waals surface area contributed by atoms with Crippen LogP contribution in [0, 0.1) is 17.8 Å². The highest BCUT2D eigenvalue weighted by Gasteiger charge is 2.51. The Labute approximate surface area is 140 Å². The molecule has 128 valence electrons. The third-order valence-corrected chi connectivity index (χ3v) is 5.87. The van der Waals surface area contributed by atoms with E-state index < -0.39 is 12.4 Å². The molecule has 0 bridgehead atoms. The second-order valence-electron chi connectivity index (χ2n) is 6.95. The van der Waals surface area contributed by atoms with E-state index in [0.717, 1.165) is 17.6 Å². The topological polar surface area (TPSA) is 87.7 Å². The van der Waals surface area contributed by atoms with E-state index in [1.165, 1.54) is 0 Å². The predicted octanol–water partition coefficient (Wildman–Crippen LogP) is 0.405. The summed E-state index contributed by atoms with van der Waals surface area (Å²) in [7, 11) is 0. The lowest BCUT2D eigenvalue weighted by Crippen LogP contribution is -2.54. The van der Waals surface area contributed by atoms with Crippen molar-refractivity contribution in [1.82, 2.24) is 10.6 Å². The van der Waals surface area contributed by atoms with Gasteiger partial charge in [0.25, 0.3) is 5.91 Å². The zero-order valence-corrected chi connectivity index (χ0v) is 13.7. The number of allylic oxidation sites excluding steroid dienone is 1. The molecule has 0 aromatic carbocycles. The Bertz CT molecular complexity index is 693. The average molecular weight is 330 g/mol. The first-order valence-electron chi connectivity index (χ1n) is 8.53. The van der Waals surface area contributed by atoms with Crippen LogP contribution in [0.1, 0.15) is 19.8 Å². The Morgan fingerprint density at radius 1 is 1.12 bits per heavy atom. The van der Waals surface area contributed by atoms with E-state index in [4.69, 9.17) is 4.74 Å². The van der Waals surface area contributed by atoms with Crippen molar-refractivity contribution in [3.8, 4) is 0 Å². The van der Waals surface area contributed by atoms with Gasteiger partial charge < -0.3 is 20.5 Å². The zero-order valence-electron chi connectivity index (χ0n) is 13.7. The number of fused-ring (bicyclic) bond motifs is 3. The molecule has 2 amide bonds. The maximum absolute atomic E-state index is 12.5. The SMILES string of the molecule is C=CC1C2=C(C(=O)NCC2)C2OC(O)C3=C(CCNC3=O)C2C1C. The number of amides is 2. The van der Waals surface area contributed by atoms with E-state index in [9.17, 15) is 14.7 Å². The molecule has 0 saturated heterocycles. The monoisotopic (exact) mass is 330 g/mol. The zero-order chi connectivity index (χ0) is 17.0. The number of ether oxygens (including phenoxy) is 1. The summed E-state index contributed by atoms with van der Waals surface area (Å²) in [5.74, 6) is -0.218. The third kappa shape index (κ3) is 2.03. The van der Waals surface area contributed by atoms with Crippen LogP contribution in [0.3, 0.4) is 0 Å². The van der Waals surface area contributed by atoms with E-state index in [2.05, 4.69) is 24.1 Å². The van der Waals surface area contributed by atoms with Gasteiger partial charge >= 0.3 is 0 Å². The first-order chi connectivity index (χ1) is 11.5. The normalized spacial score (nSPS) is 38.7. The number of rotatable bonds is 1. The van der Waals surface area contributed by atoms with Gasteiger partial charge in [-0.1, -0.05) is 13.0 Å². The quantitative estimate of drug-likeness (QED) is 0.608. The summed E-state index contributed by atoms with van der Waals surface area (Å²) >= 11 is 0. The standard InChI is InChI=1S/C18H22N2O4/c1-3-9-8(2)12-11-5-7-20-17(22)14(11)18(23)24-15(12)13-10(9)4-6-19-16(13)21/h3,8-9,12,15,18,23H,1,4-7H2,2H3,(H,19,21)(H,20,22). The molecule has 24 heavy (non-hydrogen) atoms. The van der Waals surface area contributed by atoms with E-state index in [1.807, 2.05) is 6.08 Å². The molecule has 3 N–H and O–H groups in total. The van der Waals surface area contributed by atoms with Crippen LogP contribution in [-0.4, -0.2) is 42.4 Å². The molecule has 4 aliphatic rings. The van der Waals surface area contributed by atoms with Crippen molar-refractivity contribution < 1.29 is 19.4 Å². The van der Waals surface area contributed by atoms with Gasteiger partial charge in [-0.2, -0.15) is 0 Å². The second-order valence-corrected chi connectivity index (χ2v) is 6.95. The van der Waals surface area contributed by atoms with Crippen molar-refractivity contribution in [1.29, 1.82) is 0 Å². The minimum absolute atomic E-state index is 0.0833. The Balaban J connectivity index is 1.89. The molecule has 0 saturated carbocycles. The smallest absolute Gasteiger partial charge is 0.252 e. The Morgan fingerprint density at radius 2 is 1.75 bits per heavy atom. The van der Waals surface area contributed by atoms with Crippen molar-refractivity contribution >= 4 is 11.8 Å². The molecule has 0 spiro atoms. The van der Waals surface area contributed by atoms with Gasteiger partial charge in [0.15, 0.2) is 6.29 Å². The van der Waals surface area contributed by atoms with Crippen molar-refractivity contribution in [2.45, 2.75) is 32.2 Å². The van der Waals surface area contributed by atoms with E-state index >= 15 is 0 Å². The molecule has 0 radical (unpaired) electrons. The van der Waals surface area contributed by atoms with Gasteiger partial charge in [0, 0.05) is 30.5 Å². The van der Waals surface area contributed by atoms with Crippen LogP contribution in [0.15, 0.2) is 34.9 Å². The first kappa shape index (κ1) is 15.6. The molecule has 0 aromatic rings. The minimum atomic E-state index is -1.28. The third-order valence-electron chi connectivity index (χ3n) is 5.87. The minimum Gasteiger partial charge on any atom is -0.364 e. The summed E-state index contributed by atoms with van der Waals surface area (Å²) in [6.07, 6.45) is 1.59. The number of hydrogen-bond donors (Lipinski definition) is 3. The molecule has 4 rings (SSSR count). The van der Waals surface area contributed by atoms with Gasteiger partial charge in [-0.3, -0.25) is 9.59 Å². The molecular weight excluding hydrogens is 308 g/mol. The van der Waals surface area contributed by atoms with E-state index in [0.29, 0.717) is 30.7 Å². The van der Waals surface area contributed by atoms with Crippen LogP contribution >= 0.6 is 0 Å². The molecule has 6 nitrogen and oxygen atoms in total. The fourth-order valence-electron chi connectivity index (χ4n) is 4.86. The summed E-state index contributed by atoms with van der Waals surface area (Å²) in [5.41, 5.74) is 2.97. The molecule has 3 aliphatic heterocycles. The van der Waals surface area contributed by atoms with Gasteiger partial charge in [-0.25, -0.2) is 0 Å². The van der Waals surface area contributed by atoms with Gasteiger partial charge in [-0.15, -0.1) is 6.58 Å². The van der Waals surface area contributed by atoms with E-state index in [-0.39, 0.29) is 29.6 Å². The molecule has 6 heteroatoms. The van der Waals surface area contributed by atoms with Crippen molar-refractivity contribution in [3.63, 3.8) is 0 Å². The highest BCUT2D eigenvalue weighted by atomic mass is 16.6. The average Bonchev–Trinajstić information content (AvgIpc) is 2.55. The highest BCUT2D eigenvalue weighted by molar-refractivity contribution is 5.98. The van der Waals surface area contributed by atoms with Crippen LogP contribution in [0.2, 0.25) is 0 Å². The number of aliphatic hydroxyl groups excluding tert-OH is 1. The number of aliphatic hydroxyl groups is 1. The molecule has 0 fully saturated rings. The lowest BCUT2D eigenvalue weighted by atomic mass is 9.62. The second kappa shape index (κ2) is 5.57. The van der Waals surface area contributed by atoms with Gasteiger partial charge in [-0.05, 0) is 29.9 Å². The van der Waals surface area contributed by atoms with E-state index in [1.54, 1.807) is 0 Å². The van der Waals surface area contributed by atoms with Crippen molar-refractivity contribution in [3.05, 3.63) is 34.9 Å². The molecule has 1 aliphatic carbocycles. The molecule has 5 unspecified atom stereocenters. The fourth-order valence-corrected chi connectivity index (χ4v) is 4.86. The Morgan fingerprint density at radius 3 is 2.42 bits per heavy atom. The number of carbonyl (C=O) groups is 2. The first-order valence-corrected chi connectivity index (χ1v) is 8.53. The number of hydrogen-bond acceptors (Lipinski definition) is 4. The van der Waals surface area contributed by atoms with Crippen molar-refractivity contribution in [2.75, 3.05) is 13.1 Å². The summed E-state index contributed by atoms with van der Waals surface area (Å²) in [6, 6.07) is 0. The summed E-state index contributed by atoms with van der Waals surface area (Å²) in [5, 5.41) is 16.0. The maximum Gasteiger partial charge on any atom is 0.252 e. The molecule has 0 aromatic heterocycles. The maximum atomic E-state index is 12.5. The summed E-state index contributed by atoms with van der Waals surface area (Å²) in [4.78, 5) is 24.7. The predicted molar refractivity (Wildman–Crippen MR) is 86.5 cm³/mol. The van der Waals surface area contributed by atoms with Crippen molar-refractivity contribution in [2.24, 2.45) is 17.8 Å². The van der Waals surface area contributed by atoms with Crippen LogP contribution < -0.4 is 10.6 Å². The Hall–Kier alpha value is -1.92. The molecule has 5 atom stereocenters. The van der Waals surface area contributed by atoms with Crippen LogP contribution in [0.4, 0.5) is 0 Å². The van der Waals surface area contributed by atoms with Crippen LogP contribution in [-0.2, 0) is 14.3 Å². The molecule has 3 heterocycles. The summed E-state index contributed by atoms with van der Waals surface area (Å²) in [6.45, 7) is 7.26. The Kier molecular flexibility index (Phi) is 3.62. The summed E-state index contributed by atoms with van der Waals surface area (Å²) < 4.78 is 5.82. The van der Waals surface area contributed by atoms with Gasteiger partial charge in [0.05, 0.1) is 11.7 Å².